The topological polar surface area (TPSA) is 89.3 Å². The van der Waals surface area contributed by atoms with Crippen molar-refractivity contribution in [2.75, 3.05) is 12.5 Å². The number of pyridine rings is 1. The molecule has 0 aliphatic rings. The van der Waals surface area contributed by atoms with Crippen LogP contribution < -0.4 is 21.3 Å². The molecule has 1 heterocycles. The number of aromatic nitrogens is 1. The third-order valence-corrected chi connectivity index (χ3v) is 3.25. The molecule has 1 aromatic heterocycles. The van der Waals surface area contributed by atoms with Gasteiger partial charge in [0.25, 0.3) is 5.91 Å². The second kappa shape index (κ2) is 6.92. The fraction of sp³-hybridized carbons (Fsp3) is 0.143. The molecule has 0 aliphatic heterocycles. The maximum Gasteiger partial charge on any atom is 0.253 e. The summed E-state index contributed by atoms with van der Waals surface area (Å²) in [6.45, 7) is 0.262. The van der Waals surface area contributed by atoms with E-state index in [1.54, 1.807) is 37.4 Å². The highest BCUT2D eigenvalue weighted by Gasteiger charge is 2.11. The lowest BCUT2D eigenvalue weighted by Crippen LogP contribution is -2.23. The van der Waals surface area contributed by atoms with Gasteiger partial charge in [-0.25, -0.2) is 10.8 Å². The first kappa shape index (κ1) is 15.1. The van der Waals surface area contributed by atoms with Gasteiger partial charge in [-0.15, -0.1) is 0 Å². The van der Waals surface area contributed by atoms with Gasteiger partial charge in [0, 0.05) is 23.3 Å². The number of amides is 1. The summed E-state index contributed by atoms with van der Waals surface area (Å²) in [4.78, 5) is 16.0. The highest BCUT2D eigenvalue weighted by molar-refractivity contribution is 6.31. The van der Waals surface area contributed by atoms with E-state index in [9.17, 15) is 4.79 Å². The predicted molar refractivity (Wildman–Crippen MR) is 81.2 cm³/mol. The molecule has 1 amide bonds. The summed E-state index contributed by atoms with van der Waals surface area (Å²) in [6.07, 6.45) is 1.44. The van der Waals surface area contributed by atoms with Crippen molar-refractivity contribution in [3.05, 3.63) is 52.7 Å². The van der Waals surface area contributed by atoms with Gasteiger partial charge in [-0.3, -0.25) is 4.79 Å². The zero-order chi connectivity index (χ0) is 15.2. The van der Waals surface area contributed by atoms with Gasteiger partial charge in [-0.1, -0.05) is 17.7 Å². The third-order valence-electron chi connectivity index (χ3n) is 2.90. The van der Waals surface area contributed by atoms with Gasteiger partial charge < -0.3 is 15.5 Å². The molecule has 4 N–H and O–H groups in total. The van der Waals surface area contributed by atoms with Crippen molar-refractivity contribution in [3.8, 4) is 5.75 Å². The van der Waals surface area contributed by atoms with Crippen LogP contribution in [0.15, 0.2) is 36.5 Å². The Bertz CT molecular complexity index is 631. The molecule has 0 saturated heterocycles. The number of nitrogens with zero attached hydrogens (tertiary/aromatic N) is 1. The number of ether oxygens (including phenoxy) is 1. The van der Waals surface area contributed by atoms with Crippen LogP contribution in [0.25, 0.3) is 0 Å². The summed E-state index contributed by atoms with van der Waals surface area (Å²) in [5, 5.41) is 3.31. The van der Waals surface area contributed by atoms with Gasteiger partial charge in [0.05, 0.1) is 12.7 Å². The molecule has 0 saturated carbocycles. The number of rotatable bonds is 5. The Balaban J connectivity index is 2.07. The standard InChI is InChI=1S/C14H15ClN4O2/c1-21-12-4-2-3-11(15)10(12)8-18-14(20)9-5-6-13(19-16)17-7-9/h2-7H,8,16H2,1H3,(H,17,19)(H,18,20). The Kier molecular flexibility index (Phi) is 4.97. The van der Waals surface area contributed by atoms with E-state index in [4.69, 9.17) is 22.2 Å². The van der Waals surface area contributed by atoms with Gasteiger partial charge in [0.15, 0.2) is 0 Å². The van der Waals surface area contributed by atoms with Crippen molar-refractivity contribution < 1.29 is 9.53 Å². The Labute approximate surface area is 127 Å². The number of carbonyl (C=O) groups is 1. The number of nitrogens with one attached hydrogen (secondary N) is 2. The Morgan fingerprint density at radius 3 is 2.81 bits per heavy atom. The van der Waals surface area contributed by atoms with E-state index >= 15 is 0 Å². The maximum absolute atomic E-state index is 12.0. The van der Waals surface area contributed by atoms with Gasteiger partial charge in [0.2, 0.25) is 0 Å². The molecule has 0 aliphatic carbocycles. The lowest BCUT2D eigenvalue weighted by Gasteiger charge is -2.11. The average Bonchev–Trinajstić information content (AvgIpc) is 2.53. The molecule has 0 radical (unpaired) electrons. The number of methoxy groups -OCH3 is 1. The van der Waals surface area contributed by atoms with Crippen LogP contribution in [0, 0.1) is 0 Å². The number of hydrogen-bond donors (Lipinski definition) is 3. The third kappa shape index (κ3) is 3.62. The van der Waals surface area contributed by atoms with Crippen molar-refractivity contribution in [2.45, 2.75) is 6.54 Å². The van der Waals surface area contributed by atoms with Gasteiger partial charge in [0.1, 0.15) is 11.6 Å². The molecule has 0 unspecified atom stereocenters. The van der Waals surface area contributed by atoms with Crippen LogP contribution in [0.4, 0.5) is 5.82 Å². The van der Waals surface area contributed by atoms with Crippen LogP contribution in [0.3, 0.4) is 0 Å². The zero-order valence-corrected chi connectivity index (χ0v) is 12.1. The average molecular weight is 307 g/mol. The van der Waals surface area contributed by atoms with Crippen molar-refractivity contribution >= 4 is 23.3 Å². The van der Waals surface area contributed by atoms with E-state index < -0.39 is 0 Å². The monoisotopic (exact) mass is 306 g/mol. The minimum atomic E-state index is -0.256. The second-order valence-corrected chi connectivity index (χ2v) is 4.59. The summed E-state index contributed by atoms with van der Waals surface area (Å²) in [5.74, 6) is 6.08. The maximum atomic E-state index is 12.0. The Hall–Kier alpha value is -2.31. The molecular formula is C14H15ClN4O2. The highest BCUT2D eigenvalue weighted by Crippen LogP contribution is 2.25. The Morgan fingerprint density at radius 1 is 1.38 bits per heavy atom. The molecule has 0 bridgehead atoms. The van der Waals surface area contributed by atoms with Crippen LogP contribution in [0.1, 0.15) is 15.9 Å². The van der Waals surface area contributed by atoms with Crippen molar-refractivity contribution in [1.29, 1.82) is 0 Å². The van der Waals surface area contributed by atoms with E-state index in [0.717, 1.165) is 5.56 Å². The second-order valence-electron chi connectivity index (χ2n) is 4.18. The van der Waals surface area contributed by atoms with E-state index in [1.807, 2.05) is 0 Å². The van der Waals surface area contributed by atoms with Gasteiger partial charge >= 0.3 is 0 Å². The van der Waals surface area contributed by atoms with Crippen LogP contribution in [0.5, 0.6) is 5.75 Å². The minimum absolute atomic E-state index is 0.256. The summed E-state index contributed by atoms with van der Waals surface area (Å²) >= 11 is 6.11. The van der Waals surface area contributed by atoms with Gasteiger partial charge in [-0.2, -0.15) is 0 Å². The quantitative estimate of drug-likeness (QED) is 0.580. The van der Waals surface area contributed by atoms with Gasteiger partial charge in [-0.05, 0) is 24.3 Å². The first-order chi connectivity index (χ1) is 10.2. The molecule has 0 atom stereocenters. The number of carbonyl (C=O) groups excluding carboxylic acids is 1. The number of hydrogen-bond acceptors (Lipinski definition) is 5. The fourth-order valence-electron chi connectivity index (χ4n) is 1.79. The smallest absolute Gasteiger partial charge is 0.253 e. The number of anilines is 1. The van der Waals surface area contributed by atoms with Crippen LogP contribution in [-0.4, -0.2) is 18.0 Å². The highest BCUT2D eigenvalue weighted by atomic mass is 35.5. The first-order valence-corrected chi connectivity index (χ1v) is 6.55. The largest absolute Gasteiger partial charge is 0.496 e. The molecule has 0 fully saturated rings. The van der Waals surface area contributed by atoms with E-state index in [-0.39, 0.29) is 12.5 Å². The number of nitrogen functional groups attached to an aromatic ring is 1. The minimum Gasteiger partial charge on any atom is -0.496 e. The van der Waals surface area contributed by atoms with Crippen LogP contribution in [0.2, 0.25) is 5.02 Å². The zero-order valence-electron chi connectivity index (χ0n) is 11.4. The van der Waals surface area contributed by atoms with Crippen molar-refractivity contribution in [2.24, 2.45) is 5.84 Å². The molecule has 1 aromatic carbocycles. The predicted octanol–water partition coefficient (Wildman–Crippen LogP) is 1.96. The van der Waals surface area contributed by atoms with Crippen molar-refractivity contribution in [3.63, 3.8) is 0 Å². The number of nitrogens with two attached hydrogens (primary N) is 1. The van der Waals surface area contributed by atoms with Crippen LogP contribution >= 0.6 is 11.6 Å². The normalized spacial score (nSPS) is 10.0. The summed E-state index contributed by atoms with van der Waals surface area (Å²) in [5.41, 5.74) is 3.55. The van der Waals surface area contributed by atoms with Crippen molar-refractivity contribution in [1.82, 2.24) is 10.3 Å². The van der Waals surface area contributed by atoms with E-state index in [0.29, 0.717) is 22.2 Å². The molecule has 6 nitrogen and oxygen atoms in total. The number of halogens is 1. The lowest BCUT2D eigenvalue weighted by atomic mass is 10.2. The van der Waals surface area contributed by atoms with E-state index in [1.165, 1.54) is 6.20 Å². The number of benzene rings is 1. The summed E-state index contributed by atoms with van der Waals surface area (Å²) in [7, 11) is 1.56. The SMILES string of the molecule is COc1cccc(Cl)c1CNC(=O)c1ccc(NN)nc1. The molecule has 21 heavy (non-hydrogen) atoms. The molecule has 7 heteroatoms. The van der Waals surface area contributed by atoms with Crippen LogP contribution in [-0.2, 0) is 6.54 Å². The summed E-state index contributed by atoms with van der Waals surface area (Å²) < 4.78 is 5.22. The first-order valence-electron chi connectivity index (χ1n) is 6.18. The summed E-state index contributed by atoms with van der Waals surface area (Å²) in [6, 6.07) is 8.56. The molecule has 110 valence electrons. The van der Waals surface area contributed by atoms with E-state index in [2.05, 4.69) is 15.7 Å². The lowest BCUT2D eigenvalue weighted by molar-refractivity contribution is 0.0950. The molecule has 0 spiro atoms. The fourth-order valence-corrected chi connectivity index (χ4v) is 2.02. The molecule has 2 rings (SSSR count). The molecular weight excluding hydrogens is 292 g/mol. The Morgan fingerprint density at radius 2 is 2.19 bits per heavy atom. The number of hydrazine groups is 1. The molecule has 2 aromatic rings.